The van der Waals surface area contributed by atoms with Crippen LogP contribution in [-0.2, 0) is 12.1 Å². The van der Waals surface area contributed by atoms with E-state index in [9.17, 15) is 5.11 Å². The lowest BCUT2D eigenvalue weighted by Gasteiger charge is -2.40. The maximum absolute atomic E-state index is 12.1. The van der Waals surface area contributed by atoms with Gasteiger partial charge in [-0.25, -0.2) is 0 Å². The molecule has 132 valence electrons. The van der Waals surface area contributed by atoms with Crippen LogP contribution in [0.1, 0.15) is 29.5 Å². The summed E-state index contributed by atoms with van der Waals surface area (Å²) < 4.78 is 0. The van der Waals surface area contributed by atoms with Gasteiger partial charge < -0.3 is 5.11 Å². The van der Waals surface area contributed by atoms with Gasteiger partial charge in [0.1, 0.15) is 5.60 Å². The van der Waals surface area contributed by atoms with Crippen molar-refractivity contribution in [3.63, 3.8) is 0 Å². The minimum absolute atomic E-state index is 0.0625. The van der Waals surface area contributed by atoms with Crippen LogP contribution in [0, 0.1) is 0 Å². The Labute approximate surface area is 155 Å². The summed E-state index contributed by atoms with van der Waals surface area (Å²) in [5.41, 5.74) is 2.23. The van der Waals surface area contributed by atoms with Crippen LogP contribution in [0.5, 0.6) is 0 Å². The van der Waals surface area contributed by atoms with Gasteiger partial charge in [-0.2, -0.15) is 0 Å². The first kappa shape index (κ1) is 17.0. The van der Waals surface area contributed by atoms with Crippen LogP contribution >= 0.6 is 0 Å². The normalized spacial score (nSPS) is 18.1. The summed E-state index contributed by atoms with van der Waals surface area (Å²) in [5.74, 6) is 0. The summed E-state index contributed by atoms with van der Waals surface area (Å²) in [7, 11) is 0. The maximum atomic E-state index is 12.1. The lowest BCUT2D eigenvalue weighted by atomic mass is 9.79. The summed E-state index contributed by atoms with van der Waals surface area (Å²) in [6, 6.07) is 30.9. The molecule has 3 aromatic carbocycles. The van der Waals surface area contributed by atoms with Gasteiger partial charge in [-0.15, -0.1) is 0 Å². The smallest absolute Gasteiger partial charge is 0.130 e. The van der Waals surface area contributed by atoms with Crippen molar-refractivity contribution in [1.29, 1.82) is 0 Å². The molecule has 1 aliphatic rings. The molecule has 0 aromatic heterocycles. The Morgan fingerprint density at radius 2 is 1.27 bits per heavy atom. The zero-order valence-corrected chi connectivity index (χ0v) is 15.0. The molecular weight excluding hydrogens is 318 g/mol. The van der Waals surface area contributed by atoms with Crippen LogP contribution in [0.3, 0.4) is 0 Å². The molecule has 1 N–H and O–H groups in total. The number of hydrogen-bond donors (Lipinski definition) is 1. The highest BCUT2D eigenvalue weighted by Crippen LogP contribution is 2.40. The third-order valence-corrected chi connectivity index (χ3v) is 5.50. The van der Waals surface area contributed by atoms with Gasteiger partial charge in [0.05, 0.1) is 0 Å². The van der Waals surface area contributed by atoms with Crippen molar-refractivity contribution < 1.29 is 5.11 Å². The molecule has 0 saturated carbocycles. The zero-order valence-electron chi connectivity index (χ0n) is 15.0. The standard InChI is InChI=1S/C24H25NO/c26-24(21-13-6-2-7-14-21,22-15-8-3-9-16-22)23-17-10-18-25(23)19-20-11-4-1-5-12-20/h1-9,11-16,23,26H,10,17-19H2/t23-/m1/s1. The average Bonchev–Trinajstić information content (AvgIpc) is 3.18. The first-order valence-corrected chi connectivity index (χ1v) is 9.40. The van der Waals surface area contributed by atoms with Gasteiger partial charge in [0, 0.05) is 12.6 Å². The lowest BCUT2D eigenvalue weighted by Crippen LogP contribution is -2.48. The highest BCUT2D eigenvalue weighted by molar-refractivity contribution is 5.38. The van der Waals surface area contributed by atoms with E-state index in [1.54, 1.807) is 0 Å². The number of rotatable bonds is 5. The van der Waals surface area contributed by atoms with E-state index in [2.05, 4.69) is 35.2 Å². The zero-order chi connectivity index (χ0) is 17.8. The second kappa shape index (κ2) is 7.45. The molecule has 0 amide bonds. The van der Waals surface area contributed by atoms with Crippen molar-refractivity contribution in [3.8, 4) is 0 Å². The van der Waals surface area contributed by atoms with E-state index in [1.807, 2.05) is 60.7 Å². The van der Waals surface area contributed by atoms with Crippen molar-refractivity contribution in [2.45, 2.75) is 31.0 Å². The van der Waals surface area contributed by atoms with E-state index in [0.29, 0.717) is 0 Å². The second-order valence-electron chi connectivity index (χ2n) is 7.11. The Morgan fingerprint density at radius 1 is 0.769 bits per heavy atom. The van der Waals surface area contributed by atoms with E-state index in [1.165, 1.54) is 5.56 Å². The minimum atomic E-state index is -1.01. The Balaban J connectivity index is 1.74. The third kappa shape index (κ3) is 3.18. The highest BCUT2D eigenvalue weighted by Gasteiger charge is 2.45. The van der Waals surface area contributed by atoms with E-state index in [4.69, 9.17) is 0 Å². The molecule has 0 bridgehead atoms. The van der Waals surface area contributed by atoms with Crippen molar-refractivity contribution in [1.82, 2.24) is 4.90 Å². The Hall–Kier alpha value is -2.42. The summed E-state index contributed by atoms with van der Waals surface area (Å²) in [5, 5.41) is 12.1. The fourth-order valence-corrected chi connectivity index (χ4v) is 4.24. The monoisotopic (exact) mass is 343 g/mol. The molecule has 0 radical (unpaired) electrons. The van der Waals surface area contributed by atoms with E-state index < -0.39 is 5.60 Å². The number of benzene rings is 3. The number of likely N-dealkylation sites (tertiary alicyclic amines) is 1. The first-order chi connectivity index (χ1) is 12.8. The SMILES string of the molecule is OC(c1ccccc1)(c1ccccc1)[C@H]1CCCN1Cc1ccccc1. The molecule has 26 heavy (non-hydrogen) atoms. The minimum Gasteiger partial charge on any atom is -0.379 e. The van der Waals surface area contributed by atoms with Gasteiger partial charge in [-0.1, -0.05) is 91.0 Å². The fourth-order valence-electron chi connectivity index (χ4n) is 4.24. The van der Waals surface area contributed by atoms with Crippen LogP contribution in [0.2, 0.25) is 0 Å². The van der Waals surface area contributed by atoms with Gasteiger partial charge in [0.15, 0.2) is 0 Å². The molecule has 3 aromatic rings. The number of nitrogens with zero attached hydrogens (tertiary/aromatic N) is 1. The molecule has 4 rings (SSSR count). The average molecular weight is 343 g/mol. The molecule has 1 heterocycles. The Bertz CT molecular complexity index is 777. The van der Waals surface area contributed by atoms with E-state index >= 15 is 0 Å². The van der Waals surface area contributed by atoms with E-state index in [0.717, 1.165) is 37.1 Å². The summed E-state index contributed by atoms with van der Waals surface area (Å²) in [6.45, 7) is 1.88. The van der Waals surface area contributed by atoms with Crippen LogP contribution in [0.4, 0.5) is 0 Å². The maximum Gasteiger partial charge on any atom is 0.130 e. The van der Waals surface area contributed by atoms with Crippen LogP contribution in [0.25, 0.3) is 0 Å². The summed E-state index contributed by atoms with van der Waals surface area (Å²) in [6.07, 6.45) is 2.10. The molecule has 1 saturated heterocycles. The highest BCUT2D eigenvalue weighted by atomic mass is 16.3. The predicted octanol–water partition coefficient (Wildman–Crippen LogP) is 4.59. The summed E-state index contributed by atoms with van der Waals surface area (Å²) >= 11 is 0. The van der Waals surface area contributed by atoms with Crippen LogP contribution in [0.15, 0.2) is 91.0 Å². The molecule has 1 fully saturated rings. The van der Waals surface area contributed by atoms with Gasteiger partial charge in [-0.3, -0.25) is 4.90 Å². The number of aliphatic hydroxyl groups is 1. The third-order valence-electron chi connectivity index (χ3n) is 5.50. The molecule has 2 nitrogen and oxygen atoms in total. The first-order valence-electron chi connectivity index (χ1n) is 9.40. The molecule has 0 unspecified atom stereocenters. The molecule has 1 atom stereocenters. The van der Waals surface area contributed by atoms with Gasteiger partial charge in [0.2, 0.25) is 0 Å². The Kier molecular flexibility index (Phi) is 4.87. The van der Waals surface area contributed by atoms with Crippen molar-refractivity contribution in [3.05, 3.63) is 108 Å². The Morgan fingerprint density at radius 3 is 1.81 bits per heavy atom. The molecule has 2 heteroatoms. The molecule has 1 aliphatic heterocycles. The van der Waals surface area contributed by atoms with Crippen molar-refractivity contribution >= 4 is 0 Å². The topological polar surface area (TPSA) is 23.5 Å². The van der Waals surface area contributed by atoms with Crippen molar-refractivity contribution in [2.24, 2.45) is 0 Å². The molecule has 0 aliphatic carbocycles. The predicted molar refractivity (Wildman–Crippen MR) is 106 cm³/mol. The second-order valence-corrected chi connectivity index (χ2v) is 7.11. The summed E-state index contributed by atoms with van der Waals surface area (Å²) in [4.78, 5) is 2.44. The molecule has 0 spiro atoms. The van der Waals surface area contributed by atoms with Crippen molar-refractivity contribution in [2.75, 3.05) is 6.54 Å². The lowest BCUT2D eigenvalue weighted by molar-refractivity contribution is -0.00653. The van der Waals surface area contributed by atoms with Crippen LogP contribution < -0.4 is 0 Å². The van der Waals surface area contributed by atoms with Gasteiger partial charge >= 0.3 is 0 Å². The largest absolute Gasteiger partial charge is 0.379 e. The van der Waals surface area contributed by atoms with Crippen LogP contribution in [-0.4, -0.2) is 22.6 Å². The fraction of sp³-hybridized carbons (Fsp3) is 0.250. The molecular formula is C24H25NO. The van der Waals surface area contributed by atoms with Gasteiger partial charge in [-0.05, 0) is 36.1 Å². The van der Waals surface area contributed by atoms with E-state index in [-0.39, 0.29) is 6.04 Å². The number of hydrogen-bond acceptors (Lipinski definition) is 2. The van der Waals surface area contributed by atoms with Gasteiger partial charge in [0.25, 0.3) is 0 Å². The quantitative estimate of drug-likeness (QED) is 0.732.